The number of ether oxygens (including phenoxy) is 2. The van der Waals surface area contributed by atoms with E-state index in [1.807, 2.05) is 0 Å². The molecule has 0 radical (unpaired) electrons. The van der Waals surface area contributed by atoms with Crippen LogP contribution in [0.1, 0.15) is 10.6 Å². The number of halogens is 1. The lowest BCUT2D eigenvalue weighted by Gasteiger charge is -2.26. The van der Waals surface area contributed by atoms with E-state index in [1.165, 1.54) is 4.88 Å². The average Bonchev–Trinajstić information content (AvgIpc) is 2.74. The third-order valence-electron chi connectivity index (χ3n) is 2.45. The second kappa shape index (κ2) is 5.95. The standard InChI is InChI=1S/C10H15BrN2O2S/c1-14-7-8-9(6-11)16-10(12-8)13-2-4-15-5-3-13/h2-7H2,1H3. The van der Waals surface area contributed by atoms with Gasteiger partial charge in [-0.15, -0.1) is 11.3 Å². The lowest BCUT2D eigenvalue weighted by atomic mass is 10.4. The summed E-state index contributed by atoms with van der Waals surface area (Å²) in [6.07, 6.45) is 0. The highest BCUT2D eigenvalue weighted by molar-refractivity contribution is 9.08. The van der Waals surface area contributed by atoms with E-state index in [1.54, 1.807) is 18.4 Å². The molecular formula is C10H15BrN2O2S. The molecular weight excluding hydrogens is 292 g/mol. The average molecular weight is 307 g/mol. The molecule has 0 aliphatic carbocycles. The van der Waals surface area contributed by atoms with Gasteiger partial charge in [0.1, 0.15) is 0 Å². The van der Waals surface area contributed by atoms with Gasteiger partial charge in [0.25, 0.3) is 0 Å². The van der Waals surface area contributed by atoms with E-state index < -0.39 is 0 Å². The van der Waals surface area contributed by atoms with Gasteiger partial charge in [-0.3, -0.25) is 0 Å². The zero-order valence-corrected chi connectivity index (χ0v) is 11.6. The van der Waals surface area contributed by atoms with Gasteiger partial charge in [-0.2, -0.15) is 0 Å². The molecule has 4 nitrogen and oxygen atoms in total. The van der Waals surface area contributed by atoms with Gasteiger partial charge in [0.2, 0.25) is 0 Å². The van der Waals surface area contributed by atoms with Crippen LogP contribution in [-0.2, 0) is 21.4 Å². The van der Waals surface area contributed by atoms with Crippen LogP contribution in [0.2, 0.25) is 0 Å². The Labute approximate surface area is 108 Å². The van der Waals surface area contributed by atoms with E-state index in [0.29, 0.717) is 6.61 Å². The van der Waals surface area contributed by atoms with Gasteiger partial charge in [-0.1, -0.05) is 15.9 Å². The molecule has 0 aromatic carbocycles. The van der Waals surface area contributed by atoms with Crippen molar-refractivity contribution in [3.05, 3.63) is 10.6 Å². The van der Waals surface area contributed by atoms with Crippen molar-refractivity contribution < 1.29 is 9.47 Å². The fraction of sp³-hybridized carbons (Fsp3) is 0.700. The quantitative estimate of drug-likeness (QED) is 0.797. The minimum Gasteiger partial charge on any atom is -0.378 e. The van der Waals surface area contributed by atoms with Crippen LogP contribution in [0, 0.1) is 0 Å². The summed E-state index contributed by atoms with van der Waals surface area (Å²) in [5.74, 6) is 0. The number of alkyl halides is 1. The summed E-state index contributed by atoms with van der Waals surface area (Å²) in [4.78, 5) is 8.16. The summed E-state index contributed by atoms with van der Waals surface area (Å²) in [6, 6.07) is 0. The van der Waals surface area contributed by atoms with Crippen LogP contribution in [0.5, 0.6) is 0 Å². The number of hydrogen-bond acceptors (Lipinski definition) is 5. The Morgan fingerprint density at radius 2 is 2.25 bits per heavy atom. The molecule has 16 heavy (non-hydrogen) atoms. The Bertz CT molecular complexity index is 340. The molecule has 0 unspecified atom stereocenters. The molecule has 1 fully saturated rings. The molecule has 0 saturated carbocycles. The Morgan fingerprint density at radius 1 is 1.50 bits per heavy atom. The summed E-state index contributed by atoms with van der Waals surface area (Å²) in [7, 11) is 1.70. The molecule has 1 aromatic rings. The number of rotatable bonds is 4. The molecule has 1 aliphatic heterocycles. The smallest absolute Gasteiger partial charge is 0.186 e. The van der Waals surface area contributed by atoms with Gasteiger partial charge in [-0.25, -0.2) is 4.98 Å². The number of methoxy groups -OCH3 is 1. The largest absolute Gasteiger partial charge is 0.378 e. The normalized spacial score (nSPS) is 16.8. The first-order valence-corrected chi connectivity index (χ1v) is 7.15. The summed E-state index contributed by atoms with van der Waals surface area (Å²) >= 11 is 5.23. The van der Waals surface area contributed by atoms with E-state index in [0.717, 1.165) is 42.5 Å². The molecule has 2 rings (SSSR count). The maximum absolute atomic E-state index is 5.33. The Morgan fingerprint density at radius 3 is 2.88 bits per heavy atom. The minimum atomic E-state index is 0.585. The molecule has 0 N–H and O–H groups in total. The van der Waals surface area contributed by atoms with Crippen molar-refractivity contribution in [2.24, 2.45) is 0 Å². The second-order valence-electron chi connectivity index (χ2n) is 3.53. The first-order valence-electron chi connectivity index (χ1n) is 5.21. The Balaban J connectivity index is 2.14. The molecule has 1 aromatic heterocycles. The van der Waals surface area contributed by atoms with Crippen molar-refractivity contribution in [1.82, 2.24) is 4.98 Å². The molecule has 1 saturated heterocycles. The predicted molar refractivity (Wildman–Crippen MR) is 68.5 cm³/mol. The third kappa shape index (κ3) is 2.74. The summed E-state index contributed by atoms with van der Waals surface area (Å²) in [5, 5.41) is 1.93. The zero-order valence-electron chi connectivity index (χ0n) is 9.24. The van der Waals surface area contributed by atoms with Crippen molar-refractivity contribution >= 4 is 32.4 Å². The lowest BCUT2D eigenvalue weighted by Crippen LogP contribution is -2.36. The lowest BCUT2D eigenvalue weighted by molar-refractivity contribution is 0.122. The Hall–Kier alpha value is -0.170. The molecule has 0 amide bonds. The molecule has 6 heteroatoms. The van der Waals surface area contributed by atoms with Crippen LogP contribution in [0.3, 0.4) is 0 Å². The molecule has 0 spiro atoms. The molecule has 0 atom stereocenters. The van der Waals surface area contributed by atoms with Crippen LogP contribution in [0.15, 0.2) is 0 Å². The van der Waals surface area contributed by atoms with Crippen LogP contribution in [0.4, 0.5) is 5.13 Å². The SMILES string of the molecule is COCc1nc(N2CCOCC2)sc1CBr. The number of hydrogen-bond donors (Lipinski definition) is 0. The van der Waals surface area contributed by atoms with E-state index in [-0.39, 0.29) is 0 Å². The van der Waals surface area contributed by atoms with Gasteiger partial charge in [0.05, 0.1) is 25.5 Å². The van der Waals surface area contributed by atoms with Crippen molar-refractivity contribution in [1.29, 1.82) is 0 Å². The first kappa shape index (κ1) is 12.3. The second-order valence-corrected chi connectivity index (χ2v) is 5.16. The molecule has 2 heterocycles. The van der Waals surface area contributed by atoms with Crippen molar-refractivity contribution in [2.75, 3.05) is 38.3 Å². The van der Waals surface area contributed by atoms with Gasteiger partial charge < -0.3 is 14.4 Å². The minimum absolute atomic E-state index is 0.585. The monoisotopic (exact) mass is 306 g/mol. The fourth-order valence-electron chi connectivity index (χ4n) is 1.61. The molecule has 90 valence electrons. The molecule has 1 aliphatic rings. The van der Waals surface area contributed by atoms with Crippen LogP contribution < -0.4 is 4.90 Å². The highest BCUT2D eigenvalue weighted by atomic mass is 79.9. The predicted octanol–water partition coefficient (Wildman–Crippen LogP) is 2.02. The molecule has 0 bridgehead atoms. The summed E-state index contributed by atoms with van der Waals surface area (Å²) in [5.41, 5.74) is 1.05. The van der Waals surface area contributed by atoms with Gasteiger partial charge >= 0.3 is 0 Å². The van der Waals surface area contributed by atoms with E-state index >= 15 is 0 Å². The number of nitrogens with zero attached hydrogens (tertiary/aromatic N) is 2. The number of aromatic nitrogens is 1. The number of thiazole rings is 1. The summed E-state index contributed by atoms with van der Waals surface area (Å²) < 4.78 is 10.5. The fourth-order valence-corrected chi connectivity index (χ4v) is 3.25. The highest BCUT2D eigenvalue weighted by Gasteiger charge is 2.17. The Kier molecular flexibility index (Phi) is 4.57. The first-order chi connectivity index (χ1) is 7.85. The van der Waals surface area contributed by atoms with Gasteiger partial charge in [0.15, 0.2) is 5.13 Å². The van der Waals surface area contributed by atoms with Crippen molar-refractivity contribution in [3.8, 4) is 0 Å². The highest BCUT2D eigenvalue weighted by Crippen LogP contribution is 2.29. The zero-order chi connectivity index (χ0) is 11.4. The number of anilines is 1. The van der Waals surface area contributed by atoms with E-state index in [9.17, 15) is 0 Å². The van der Waals surface area contributed by atoms with Crippen molar-refractivity contribution in [2.45, 2.75) is 11.9 Å². The van der Waals surface area contributed by atoms with Crippen molar-refractivity contribution in [3.63, 3.8) is 0 Å². The third-order valence-corrected chi connectivity index (χ3v) is 4.54. The van der Waals surface area contributed by atoms with Gasteiger partial charge in [0, 0.05) is 30.4 Å². The van der Waals surface area contributed by atoms with Gasteiger partial charge in [-0.05, 0) is 0 Å². The topological polar surface area (TPSA) is 34.6 Å². The number of morpholine rings is 1. The van der Waals surface area contributed by atoms with E-state index in [2.05, 4.69) is 25.8 Å². The van der Waals surface area contributed by atoms with Crippen LogP contribution >= 0.6 is 27.3 Å². The van der Waals surface area contributed by atoms with Crippen LogP contribution in [0.25, 0.3) is 0 Å². The maximum Gasteiger partial charge on any atom is 0.186 e. The van der Waals surface area contributed by atoms with E-state index in [4.69, 9.17) is 9.47 Å². The maximum atomic E-state index is 5.33. The summed E-state index contributed by atoms with van der Waals surface area (Å²) in [6.45, 7) is 4.04. The van der Waals surface area contributed by atoms with Crippen LogP contribution in [-0.4, -0.2) is 38.4 Å².